The first-order valence-corrected chi connectivity index (χ1v) is 10.5. The summed E-state index contributed by atoms with van der Waals surface area (Å²) in [7, 11) is 0. The van der Waals surface area contributed by atoms with Crippen LogP contribution in [0.25, 0.3) is 0 Å². The van der Waals surface area contributed by atoms with Crippen LogP contribution in [-0.2, 0) is 4.79 Å². The molecule has 1 saturated heterocycles. The van der Waals surface area contributed by atoms with Gasteiger partial charge in [-0.3, -0.25) is 14.5 Å². The number of amides is 2. The summed E-state index contributed by atoms with van der Waals surface area (Å²) in [5.74, 6) is 0.115. The van der Waals surface area contributed by atoms with Crippen LogP contribution >= 0.6 is 0 Å². The van der Waals surface area contributed by atoms with Crippen molar-refractivity contribution in [3.8, 4) is 0 Å². The Bertz CT molecular complexity index is 786. The molecule has 2 amide bonds. The summed E-state index contributed by atoms with van der Waals surface area (Å²) < 4.78 is 0. The second-order valence-corrected chi connectivity index (χ2v) is 7.63. The van der Waals surface area contributed by atoms with E-state index in [1.165, 1.54) is 0 Å². The molecule has 2 aromatic carbocycles. The summed E-state index contributed by atoms with van der Waals surface area (Å²) in [5.41, 5.74) is 1.87. The van der Waals surface area contributed by atoms with Gasteiger partial charge in [-0.2, -0.15) is 0 Å². The summed E-state index contributed by atoms with van der Waals surface area (Å²) in [6, 6.07) is 19.4. The van der Waals surface area contributed by atoms with Crippen molar-refractivity contribution in [2.24, 2.45) is 0 Å². The van der Waals surface area contributed by atoms with Gasteiger partial charge in [0.2, 0.25) is 5.91 Å². The third kappa shape index (κ3) is 5.45. The lowest BCUT2D eigenvalue weighted by Gasteiger charge is -2.38. The lowest BCUT2D eigenvalue weighted by Crippen LogP contribution is -2.55. The second-order valence-electron chi connectivity index (χ2n) is 7.63. The third-order valence-electron chi connectivity index (χ3n) is 5.65. The number of benzene rings is 2. The van der Waals surface area contributed by atoms with E-state index < -0.39 is 0 Å². The van der Waals surface area contributed by atoms with Crippen LogP contribution in [0, 0.1) is 0 Å². The summed E-state index contributed by atoms with van der Waals surface area (Å²) >= 11 is 0. The zero-order chi connectivity index (χ0) is 20.6. The summed E-state index contributed by atoms with van der Waals surface area (Å²) in [5, 5.41) is 3.23. The number of piperazine rings is 1. The number of hydrogen-bond donors (Lipinski definition) is 1. The van der Waals surface area contributed by atoms with Crippen LogP contribution in [-0.4, -0.2) is 53.8 Å². The van der Waals surface area contributed by atoms with Gasteiger partial charge in [0.25, 0.3) is 5.91 Å². The monoisotopic (exact) mass is 393 g/mol. The third-order valence-corrected chi connectivity index (χ3v) is 5.65. The van der Waals surface area contributed by atoms with Crippen LogP contribution in [0.1, 0.15) is 48.7 Å². The fourth-order valence-electron chi connectivity index (χ4n) is 3.83. The molecule has 5 nitrogen and oxygen atoms in total. The van der Waals surface area contributed by atoms with Gasteiger partial charge in [-0.25, -0.2) is 0 Å². The van der Waals surface area contributed by atoms with Crippen molar-refractivity contribution in [2.75, 3.05) is 26.2 Å². The highest BCUT2D eigenvalue weighted by atomic mass is 16.2. The van der Waals surface area contributed by atoms with Gasteiger partial charge >= 0.3 is 0 Å². The Morgan fingerprint density at radius 3 is 2.10 bits per heavy atom. The molecule has 29 heavy (non-hydrogen) atoms. The minimum absolute atomic E-state index is 0.0390. The van der Waals surface area contributed by atoms with Gasteiger partial charge < -0.3 is 10.2 Å². The highest BCUT2D eigenvalue weighted by molar-refractivity contribution is 5.94. The molecule has 2 unspecified atom stereocenters. The number of nitrogens with one attached hydrogen (secondary N) is 1. The number of hydrogen-bond acceptors (Lipinski definition) is 3. The Labute approximate surface area is 173 Å². The largest absolute Gasteiger partial charge is 0.348 e. The molecule has 2 atom stereocenters. The summed E-state index contributed by atoms with van der Waals surface area (Å²) in [6.07, 6.45) is 1.93. The normalized spacial score (nSPS) is 16.8. The average molecular weight is 394 g/mol. The first kappa shape index (κ1) is 21.1. The van der Waals surface area contributed by atoms with Crippen LogP contribution in [0.3, 0.4) is 0 Å². The van der Waals surface area contributed by atoms with Crippen molar-refractivity contribution < 1.29 is 9.59 Å². The maximum atomic E-state index is 12.9. The minimum atomic E-state index is -0.216. The lowest BCUT2D eigenvalue weighted by atomic mass is 10.0. The molecule has 1 fully saturated rings. The van der Waals surface area contributed by atoms with E-state index >= 15 is 0 Å². The van der Waals surface area contributed by atoms with Crippen molar-refractivity contribution >= 4 is 11.8 Å². The maximum Gasteiger partial charge on any atom is 0.253 e. The molecule has 0 radical (unpaired) electrons. The molecule has 1 N–H and O–H groups in total. The van der Waals surface area contributed by atoms with E-state index in [0.717, 1.165) is 24.0 Å². The van der Waals surface area contributed by atoms with Crippen molar-refractivity contribution in [1.82, 2.24) is 15.1 Å². The molecule has 1 aliphatic heterocycles. The van der Waals surface area contributed by atoms with Gasteiger partial charge in [-0.15, -0.1) is 0 Å². The summed E-state index contributed by atoms with van der Waals surface area (Å²) in [6.45, 7) is 6.78. The second kappa shape index (κ2) is 10.2. The molecule has 0 aliphatic carbocycles. The SMILES string of the molecule is CCCC(NC(=O)C(C)N1CCN(C(=O)c2ccccc2)CC1)c1ccccc1. The smallest absolute Gasteiger partial charge is 0.253 e. The Morgan fingerprint density at radius 1 is 0.931 bits per heavy atom. The standard InChI is InChI=1S/C24H31N3O2/c1-3-10-22(20-11-6-4-7-12-20)25-23(28)19(2)26-15-17-27(18-16-26)24(29)21-13-8-5-9-14-21/h4-9,11-14,19,22H,3,10,15-18H2,1-2H3,(H,25,28). The topological polar surface area (TPSA) is 52.7 Å². The molecule has 154 valence electrons. The van der Waals surface area contributed by atoms with Gasteiger partial charge in [0.05, 0.1) is 12.1 Å². The van der Waals surface area contributed by atoms with Crippen LogP contribution < -0.4 is 5.32 Å². The predicted octanol–water partition coefficient (Wildman–Crippen LogP) is 3.49. The fourth-order valence-corrected chi connectivity index (χ4v) is 3.83. The van der Waals surface area contributed by atoms with Crippen LogP contribution in [0.4, 0.5) is 0 Å². The highest BCUT2D eigenvalue weighted by Crippen LogP contribution is 2.19. The van der Waals surface area contributed by atoms with Gasteiger partial charge in [0.15, 0.2) is 0 Å². The molecule has 0 bridgehead atoms. The van der Waals surface area contributed by atoms with Gasteiger partial charge in [0, 0.05) is 31.7 Å². The number of nitrogens with zero attached hydrogens (tertiary/aromatic N) is 2. The van der Waals surface area contributed by atoms with E-state index in [9.17, 15) is 9.59 Å². The van der Waals surface area contributed by atoms with Gasteiger partial charge in [-0.1, -0.05) is 61.9 Å². The van der Waals surface area contributed by atoms with E-state index in [4.69, 9.17) is 0 Å². The fraction of sp³-hybridized carbons (Fsp3) is 0.417. The molecule has 5 heteroatoms. The Hall–Kier alpha value is -2.66. The Kier molecular flexibility index (Phi) is 7.42. The first-order chi connectivity index (χ1) is 14.1. The molecular weight excluding hydrogens is 362 g/mol. The van der Waals surface area contributed by atoms with Gasteiger partial charge in [0.1, 0.15) is 0 Å². The molecule has 0 aromatic heterocycles. The molecule has 3 rings (SSSR count). The van der Waals surface area contributed by atoms with Crippen molar-refractivity contribution in [3.63, 3.8) is 0 Å². The predicted molar refractivity (Wildman–Crippen MR) is 116 cm³/mol. The van der Waals surface area contributed by atoms with E-state index in [0.29, 0.717) is 26.2 Å². The molecule has 1 aliphatic rings. The number of carbonyl (C=O) groups excluding carboxylic acids is 2. The maximum absolute atomic E-state index is 12.9. The highest BCUT2D eigenvalue weighted by Gasteiger charge is 2.28. The first-order valence-electron chi connectivity index (χ1n) is 10.5. The molecule has 2 aromatic rings. The quantitative estimate of drug-likeness (QED) is 0.783. The minimum Gasteiger partial charge on any atom is -0.348 e. The summed E-state index contributed by atoms with van der Waals surface area (Å²) in [4.78, 5) is 29.6. The Morgan fingerprint density at radius 2 is 1.52 bits per heavy atom. The lowest BCUT2D eigenvalue weighted by molar-refractivity contribution is -0.127. The van der Waals surface area contributed by atoms with Crippen LogP contribution in [0.15, 0.2) is 60.7 Å². The zero-order valence-electron chi connectivity index (χ0n) is 17.4. The molecule has 0 spiro atoms. The van der Waals surface area contributed by atoms with Crippen molar-refractivity contribution in [2.45, 2.75) is 38.8 Å². The van der Waals surface area contributed by atoms with Gasteiger partial charge in [-0.05, 0) is 31.0 Å². The average Bonchev–Trinajstić information content (AvgIpc) is 2.79. The number of rotatable bonds is 7. The molecule has 1 heterocycles. The molecule has 0 saturated carbocycles. The number of carbonyl (C=O) groups is 2. The van der Waals surface area contributed by atoms with E-state index in [-0.39, 0.29) is 23.9 Å². The Balaban J connectivity index is 1.55. The van der Waals surface area contributed by atoms with Crippen LogP contribution in [0.5, 0.6) is 0 Å². The van der Waals surface area contributed by atoms with E-state index in [1.807, 2.05) is 60.4 Å². The van der Waals surface area contributed by atoms with Crippen molar-refractivity contribution in [3.05, 3.63) is 71.8 Å². The van der Waals surface area contributed by atoms with Crippen molar-refractivity contribution in [1.29, 1.82) is 0 Å². The van der Waals surface area contributed by atoms with Crippen LogP contribution in [0.2, 0.25) is 0 Å². The molecular formula is C24H31N3O2. The zero-order valence-corrected chi connectivity index (χ0v) is 17.4. The van der Waals surface area contributed by atoms with E-state index in [1.54, 1.807) is 0 Å². The van der Waals surface area contributed by atoms with E-state index in [2.05, 4.69) is 29.3 Å².